The first-order chi connectivity index (χ1) is 14.0. The molecule has 7 heteroatoms. The molecule has 5 nitrogen and oxygen atoms in total. The third-order valence-corrected chi connectivity index (χ3v) is 5.03. The van der Waals surface area contributed by atoms with Gasteiger partial charge in [0, 0.05) is 37.4 Å². The lowest BCUT2D eigenvalue weighted by atomic mass is 10.0. The average Bonchev–Trinajstić information content (AvgIpc) is 3.09. The number of alkyl halides is 1. The Hall–Kier alpha value is -2.73. The van der Waals surface area contributed by atoms with Crippen molar-refractivity contribution in [1.82, 2.24) is 4.90 Å². The Morgan fingerprint density at radius 1 is 1.14 bits per heavy atom. The van der Waals surface area contributed by atoms with Crippen molar-refractivity contribution in [2.75, 3.05) is 12.4 Å². The fourth-order valence-electron chi connectivity index (χ4n) is 3.27. The highest BCUT2D eigenvalue weighted by Crippen LogP contribution is 2.23. The van der Waals surface area contributed by atoms with E-state index < -0.39 is 29.6 Å². The van der Waals surface area contributed by atoms with Crippen molar-refractivity contribution in [3.8, 4) is 0 Å². The van der Waals surface area contributed by atoms with E-state index in [1.54, 1.807) is 4.90 Å². The zero-order valence-corrected chi connectivity index (χ0v) is 16.5. The second-order valence-electron chi connectivity index (χ2n) is 6.94. The Morgan fingerprint density at radius 2 is 1.83 bits per heavy atom. The number of Topliss-reactive ketones (excluding diaryl/α,β-unsaturated/α-hetero) is 1. The Morgan fingerprint density at radius 3 is 2.48 bits per heavy atom. The van der Waals surface area contributed by atoms with Crippen molar-refractivity contribution in [3.05, 3.63) is 71.5 Å². The summed E-state index contributed by atoms with van der Waals surface area (Å²) < 4.78 is 18.5. The number of ketones is 1. The molecule has 29 heavy (non-hydrogen) atoms. The maximum absolute atomic E-state index is 13.1. The van der Waals surface area contributed by atoms with Gasteiger partial charge in [-0.15, -0.1) is 11.6 Å². The van der Waals surface area contributed by atoms with E-state index in [4.69, 9.17) is 16.3 Å². The van der Waals surface area contributed by atoms with Crippen LogP contribution in [0.1, 0.15) is 28.8 Å². The van der Waals surface area contributed by atoms with Crippen molar-refractivity contribution < 1.29 is 23.5 Å². The Bertz CT molecular complexity index is 872. The van der Waals surface area contributed by atoms with Crippen LogP contribution < -0.4 is 0 Å². The van der Waals surface area contributed by atoms with Crippen molar-refractivity contribution in [2.45, 2.75) is 25.5 Å². The van der Waals surface area contributed by atoms with Gasteiger partial charge in [-0.3, -0.25) is 14.4 Å². The van der Waals surface area contributed by atoms with Crippen molar-refractivity contribution in [2.24, 2.45) is 5.92 Å². The van der Waals surface area contributed by atoms with Gasteiger partial charge in [0.05, 0.1) is 5.92 Å². The number of carbonyl (C=O) groups is 3. The molecule has 1 heterocycles. The molecule has 0 unspecified atom stereocenters. The smallest absolute Gasteiger partial charge is 0.311 e. The van der Waals surface area contributed by atoms with E-state index in [1.807, 2.05) is 30.3 Å². The molecule has 0 radical (unpaired) electrons. The molecule has 1 amide bonds. The summed E-state index contributed by atoms with van der Waals surface area (Å²) in [7, 11) is 0. The van der Waals surface area contributed by atoms with E-state index in [0.29, 0.717) is 6.54 Å². The van der Waals surface area contributed by atoms with Gasteiger partial charge in [-0.1, -0.05) is 30.3 Å². The molecule has 2 atom stereocenters. The molecule has 1 fully saturated rings. The lowest BCUT2D eigenvalue weighted by Gasteiger charge is -2.19. The molecule has 152 valence electrons. The highest BCUT2D eigenvalue weighted by molar-refractivity contribution is 6.18. The molecule has 0 aromatic heterocycles. The summed E-state index contributed by atoms with van der Waals surface area (Å²) in [6, 6.07) is 14.5. The largest absolute Gasteiger partial charge is 0.454 e. The fourth-order valence-corrected chi connectivity index (χ4v) is 3.46. The fraction of sp³-hybridized carbons (Fsp3) is 0.318. The minimum absolute atomic E-state index is 0.0456. The van der Waals surface area contributed by atoms with Crippen molar-refractivity contribution in [3.63, 3.8) is 0 Å². The van der Waals surface area contributed by atoms with Crippen LogP contribution in [-0.2, 0) is 20.9 Å². The van der Waals surface area contributed by atoms with Gasteiger partial charge in [0.2, 0.25) is 11.7 Å². The SMILES string of the molecule is O=C(O[C@H](CCCl)C(=O)c1ccc(F)cc1)[C@@H]1CC(=O)N(Cc2ccccc2)C1. The van der Waals surface area contributed by atoms with Gasteiger partial charge < -0.3 is 9.64 Å². The third kappa shape index (κ3) is 5.41. The van der Waals surface area contributed by atoms with E-state index in [0.717, 1.165) is 5.56 Å². The first-order valence-electron chi connectivity index (χ1n) is 9.36. The van der Waals surface area contributed by atoms with Gasteiger partial charge >= 0.3 is 5.97 Å². The maximum Gasteiger partial charge on any atom is 0.311 e. The summed E-state index contributed by atoms with van der Waals surface area (Å²) in [5.41, 5.74) is 1.21. The standard InChI is InChI=1S/C22H21ClFNO4/c23-11-10-19(21(27)16-6-8-18(24)9-7-16)29-22(28)17-12-20(26)25(14-17)13-15-4-2-1-3-5-15/h1-9,17,19H,10-14H2/t17-,19-/m1/s1. The average molecular weight is 418 g/mol. The predicted octanol–water partition coefficient (Wildman–Crippen LogP) is 3.60. The summed E-state index contributed by atoms with van der Waals surface area (Å²) in [5, 5.41) is 0. The molecular formula is C22H21ClFNO4. The van der Waals surface area contributed by atoms with Gasteiger partial charge in [0.15, 0.2) is 6.10 Å². The number of esters is 1. The first kappa shape index (κ1) is 21.0. The monoisotopic (exact) mass is 417 g/mol. The molecule has 0 N–H and O–H groups in total. The summed E-state index contributed by atoms with van der Waals surface area (Å²) in [5.74, 6) is -2.15. The van der Waals surface area contributed by atoms with Crippen LogP contribution in [0.2, 0.25) is 0 Å². The zero-order chi connectivity index (χ0) is 20.8. The number of halogens is 2. The number of benzene rings is 2. The van der Waals surface area contributed by atoms with Crippen LogP contribution in [0.3, 0.4) is 0 Å². The van der Waals surface area contributed by atoms with Crippen LogP contribution >= 0.6 is 11.6 Å². The summed E-state index contributed by atoms with van der Waals surface area (Å²) in [4.78, 5) is 39.1. The van der Waals surface area contributed by atoms with Crippen LogP contribution in [0.15, 0.2) is 54.6 Å². The van der Waals surface area contributed by atoms with Crippen LogP contribution in [0.5, 0.6) is 0 Å². The lowest BCUT2D eigenvalue weighted by molar-refractivity contribution is -0.151. The molecule has 0 spiro atoms. The lowest BCUT2D eigenvalue weighted by Crippen LogP contribution is -2.32. The molecule has 1 aliphatic heterocycles. The molecular weight excluding hydrogens is 397 g/mol. The normalized spacial score (nSPS) is 17.2. The number of nitrogens with zero attached hydrogens (tertiary/aromatic N) is 1. The molecule has 1 aliphatic rings. The van der Waals surface area contributed by atoms with E-state index in [1.165, 1.54) is 24.3 Å². The van der Waals surface area contributed by atoms with Crippen LogP contribution in [-0.4, -0.2) is 41.1 Å². The van der Waals surface area contributed by atoms with Gasteiger partial charge in [-0.2, -0.15) is 0 Å². The molecule has 2 aromatic carbocycles. The van der Waals surface area contributed by atoms with Crippen LogP contribution in [0.25, 0.3) is 0 Å². The predicted molar refractivity (Wildman–Crippen MR) is 106 cm³/mol. The van der Waals surface area contributed by atoms with Crippen molar-refractivity contribution >= 4 is 29.3 Å². The van der Waals surface area contributed by atoms with Crippen molar-refractivity contribution in [1.29, 1.82) is 0 Å². The minimum Gasteiger partial charge on any atom is -0.454 e. The summed E-state index contributed by atoms with van der Waals surface area (Å²) in [6.07, 6.45) is -0.884. The van der Waals surface area contributed by atoms with Gasteiger partial charge in [-0.05, 0) is 29.8 Å². The number of amides is 1. The number of ether oxygens (including phenoxy) is 1. The van der Waals surface area contributed by atoms with Gasteiger partial charge in [0.25, 0.3) is 0 Å². The van der Waals surface area contributed by atoms with E-state index in [-0.39, 0.29) is 36.7 Å². The molecule has 3 rings (SSSR count). The Balaban J connectivity index is 1.63. The second-order valence-corrected chi connectivity index (χ2v) is 7.31. The topological polar surface area (TPSA) is 63.7 Å². The van der Waals surface area contributed by atoms with Crippen LogP contribution in [0, 0.1) is 11.7 Å². The summed E-state index contributed by atoms with van der Waals surface area (Å²) >= 11 is 5.77. The van der Waals surface area contributed by atoms with E-state index in [9.17, 15) is 18.8 Å². The molecule has 0 bridgehead atoms. The Kier molecular flexibility index (Phi) is 6.99. The molecule has 0 saturated carbocycles. The number of hydrogen-bond acceptors (Lipinski definition) is 4. The number of hydrogen-bond donors (Lipinski definition) is 0. The highest BCUT2D eigenvalue weighted by atomic mass is 35.5. The van der Waals surface area contributed by atoms with Gasteiger partial charge in [0.1, 0.15) is 5.82 Å². The summed E-state index contributed by atoms with van der Waals surface area (Å²) in [6.45, 7) is 0.661. The van der Waals surface area contributed by atoms with E-state index in [2.05, 4.69) is 0 Å². The Labute approximate surface area is 173 Å². The van der Waals surface area contributed by atoms with Crippen LogP contribution in [0.4, 0.5) is 4.39 Å². The second kappa shape index (κ2) is 9.65. The molecule has 0 aliphatic carbocycles. The molecule has 2 aromatic rings. The van der Waals surface area contributed by atoms with Gasteiger partial charge in [-0.25, -0.2) is 4.39 Å². The third-order valence-electron chi connectivity index (χ3n) is 4.81. The minimum atomic E-state index is -1.07. The first-order valence-corrected chi connectivity index (χ1v) is 9.89. The quantitative estimate of drug-likeness (QED) is 0.374. The number of rotatable bonds is 8. The number of likely N-dealkylation sites (tertiary alicyclic amines) is 1. The maximum atomic E-state index is 13.1. The van der Waals surface area contributed by atoms with E-state index >= 15 is 0 Å². The molecule has 1 saturated heterocycles. The highest BCUT2D eigenvalue weighted by Gasteiger charge is 2.37. The zero-order valence-electron chi connectivity index (χ0n) is 15.7. The number of carbonyl (C=O) groups excluding carboxylic acids is 3.